The molecule has 0 spiro atoms. The van der Waals surface area contributed by atoms with E-state index in [4.69, 9.17) is 18.0 Å². The topological polar surface area (TPSA) is 48.0 Å². The second kappa shape index (κ2) is 5.14. The number of nitrogens with zero attached hydrogens (tertiary/aromatic N) is 1. The second-order valence-electron chi connectivity index (χ2n) is 4.11. The molecule has 0 aliphatic heterocycles. The quantitative estimate of drug-likeness (QED) is 0.855. The van der Waals surface area contributed by atoms with Crippen LogP contribution in [0.3, 0.4) is 0 Å². The lowest BCUT2D eigenvalue weighted by atomic mass is 10.1. The first-order chi connectivity index (χ1) is 8.59. The van der Waals surface area contributed by atoms with E-state index in [-0.39, 0.29) is 5.56 Å². The normalized spacial score (nSPS) is 10.3. The van der Waals surface area contributed by atoms with Crippen molar-refractivity contribution in [1.29, 1.82) is 0 Å². The first-order valence-electron chi connectivity index (χ1n) is 5.64. The molecule has 0 aliphatic rings. The van der Waals surface area contributed by atoms with Crippen molar-refractivity contribution in [2.75, 3.05) is 0 Å². The maximum absolute atomic E-state index is 11.8. The molecule has 1 aromatic carbocycles. The molecule has 3 nitrogen and oxygen atoms in total. The van der Waals surface area contributed by atoms with Crippen LogP contribution >= 0.6 is 12.2 Å². The molecule has 4 heteroatoms. The van der Waals surface area contributed by atoms with Gasteiger partial charge in [0, 0.05) is 17.3 Å². The molecule has 0 bridgehead atoms. The molecule has 2 N–H and O–H groups in total. The summed E-state index contributed by atoms with van der Waals surface area (Å²) in [6.07, 6.45) is 0. The van der Waals surface area contributed by atoms with Gasteiger partial charge in [-0.05, 0) is 18.6 Å². The van der Waals surface area contributed by atoms with Gasteiger partial charge in [-0.15, -0.1) is 0 Å². The molecule has 92 valence electrons. The third-order valence-corrected chi connectivity index (χ3v) is 3.10. The average molecular weight is 258 g/mol. The molecular weight excluding hydrogens is 244 g/mol. The van der Waals surface area contributed by atoms with E-state index >= 15 is 0 Å². The first-order valence-corrected chi connectivity index (χ1v) is 6.04. The largest absolute Gasteiger partial charge is 0.389 e. The van der Waals surface area contributed by atoms with Crippen molar-refractivity contribution in [2.24, 2.45) is 5.73 Å². The molecule has 0 unspecified atom stereocenters. The lowest BCUT2D eigenvalue weighted by molar-refractivity contribution is 0.729. The molecule has 0 amide bonds. The summed E-state index contributed by atoms with van der Waals surface area (Å²) >= 11 is 5.02. The van der Waals surface area contributed by atoms with E-state index in [2.05, 4.69) is 0 Å². The molecule has 1 aromatic heterocycles. The Morgan fingerprint density at radius 1 is 1.22 bits per heavy atom. The lowest BCUT2D eigenvalue weighted by Crippen LogP contribution is -2.23. The summed E-state index contributed by atoms with van der Waals surface area (Å²) in [6, 6.07) is 12.8. The number of hydrogen-bond acceptors (Lipinski definition) is 2. The van der Waals surface area contributed by atoms with Gasteiger partial charge in [-0.1, -0.05) is 42.5 Å². The summed E-state index contributed by atoms with van der Waals surface area (Å²) in [4.78, 5) is 12.2. The van der Waals surface area contributed by atoms with Gasteiger partial charge in [0.2, 0.25) is 0 Å². The Kier molecular flexibility index (Phi) is 3.58. The summed E-state index contributed by atoms with van der Waals surface area (Å²) < 4.78 is 1.71. The molecule has 1 heterocycles. The van der Waals surface area contributed by atoms with Crippen LogP contribution in [0.25, 0.3) is 0 Å². The van der Waals surface area contributed by atoms with Crippen molar-refractivity contribution in [3.63, 3.8) is 0 Å². The zero-order valence-corrected chi connectivity index (χ0v) is 10.9. The number of nitrogens with two attached hydrogens (primary N) is 1. The van der Waals surface area contributed by atoms with Crippen LogP contribution in [0.5, 0.6) is 0 Å². The molecule has 0 atom stereocenters. The molecule has 0 saturated heterocycles. The number of thiocarbonyl (C=S) groups is 1. The van der Waals surface area contributed by atoms with Gasteiger partial charge >= 0.3 is 0 Å². The lowest BCUT2D eigenvalue weighted by Gasteiger charge is -2.12. The van der Waals surface area contributed by atoms with Gasteiger partial charge in [-0.3, -0.25) is 4.79 Å². The average Bonchev–Trinajstić information content (AvgIpc) is 2.34. The van der Waals surface area contributed by atoms with Gasteiger partial charge < -0.3 is 10.3 Å². The van der Waals surface area contributed by atoms with Crippen molar-refractivity contribution in [2.45, 2.75) is 13.5 Å². The molecule has 2 aromatic rings. The van der Waals surface area contributed by atoms with Gasteiger partial charge in [-0.25, -0.2) is 0 Å². The van der Waals surface area contributed by atoms with Gasteiger partial charge in [0.25, 0.3) is 5.56 Å². The van der Waals surface area contributed by atoms with Crippen molar-refractivity contribution in [3.05, 3.63) is 69.6 Å². The second-order valence-corrected chi connectivity index (χ2v) is 4.55. The maximum atomic E-state index is 11.8. The minimum Gasteiger partial charge on any atom is -0.389 e. The maximum Gasteiger partial charge on any atom is 0.251 e. The van der Waals surface area contributed by atoms with E-state index in [9.17, 15) is 4.79 Å². The highest BCUT2D eigenvalue weighted by Gasteiger charge is 2.07. The number of pyridine rings is 1. The Bertz CT molecular complexity index is 646. The van der Waals surface area contributed by atoms with E-state index in [1.54, 1.807) is 16.7 Å². The van der Waals surface area contributed by atoms with Gasteiger partial charge in [-0.2, -0.15) is 0 Å². The smallest absolute Gasteiger partial charge is 0.251 e. The Labute approximate surface area is 111 Å². The fourth-order valence-corrected chi connectivity index (χ4v) is 2.09. The first kappa shape index (κ1) is 12.5. The van der Waals surface area contributed by atoms with Gasteiger partial charge in [0.15, 0.2) is 0 Å². The van der Waals surface area contributed by atoms with Gasteiger partial charge in [0.05, 0.1) is 6.54 Å². The Morgan fingerprint density at radius 3 is 2.61 bits per heavy atom. The highest BCUT2D eigenvalue weighted by atomic mass is 32.1. The number of benzene rings is 1. The van der Waals surface area contributed by atoms with E-state index in [0.717, 1.165) is 16.8 Å². The Morgan fingerprint density at radius 2 is 1.94 bits per heavy atom. The minimum absolute atomic E-state index is 0.0206. The van der Waals surface area contributed by atoms with Crippen molar-refractivity contribution < 1.29 is 0 Å². The van der Waals surface area contributed by atoms with Crippen LogP contribution in [0.1, 0.15) is 16.8 Å². The molecule has 0 radical (unpaired) electrons. The summed E-state index contributed by atoms with van der Waals surface area (Å²) in [7, 11) is 0. The van der Waals surface area contributed by atoms with Crippen LogP contribution < -0.4 is 11.3 Å². The van der Waals surface area contributed by atoms with Crippen LogP contribution in [0.2, 0.25) is 0 Å². The molecule has 2 rings (SSSR count). The number of aromatic nitrogens is 1. The number of aryl methyl sites for hydroxylation is 1. The Balaban J connectivity index is 2.47. The molecular formula is C14H14N2OS. The van der Waals surface area contributed by atoms with E-state index < -0.39 is 0 Å². The van der Waals surface area contributed by atoms with Crippen LogP contribution in [0, 0.1) is 6.92 Å². The Hall–Kier alpha value is -1.94. The van der Waals surface area contributed by atoms with Crippen molar-refractivity contribution in [3.8, 4) is 0 Å². The predicted molar refractivity (Wildman–Crippen MR) is 76.9 cm³/mol. The van der Waals surface area contributed by atoms with Crippen molar-refractivity contribution >= 4 is 17.2 Å². The van der Waals surface area contributed by atoms with E-state index in [1.165, 1.54) is 0 Å². The fraction of sp³-hybridized carbons (Fsp3) is 0.143. The zero-order chi connectivity index (χ0) is 13.1. The standard InChI is InChI=1S/C14H14N2OS/c1-10-5-4-8-13(17)16(10)9-11-6-2-3-7-12(11)14(15)18/h2-8H,9H2,1H3,(H2,15,18). The summed E-state index contributed by atoms with van der Waals surface area (Å²) in [5.74, 6) is 0. The molecule has 18 heavy (non-hydrogen) atoms. The summed E-state index contributed by atoms with van der Waals surface area (Å²) in [5, 5.41) is 0. The molecule has 0 fully saturated rings. The minimum atomic E-state index is -0.0206. The summed E-state index contributed by atoms with van der Waals surface area (Å²) in [6.45, 7) is 2.39. The molecule has 0 aliphatic carbocycles. The van der Waals surface area contributed by atoms with E-state index in [1.807, 2.05) is 37.3 Å². The highest BCUT2D eigenvalue weighted by molar-refractivity contribution is 7.80. The fourth-order valence-electron chi connectivity index (χ4n) is 1.89. The van der Waals surface area contributed by atoms with E-state index in [0.29, 0.717) is 11.5 Å². The third-order valence-electron chi connectivity index (χ3n) is 2.88. The number of hydrogen-bond donors (Lipinski definition) is 1. The van der Waals surface area contributed by atoms with Gasteiger partial charge in [0.1, 0.15) is 4.99 Å². The number of rotatable bonds is 3. The van der Waals surface area contributed by atoms with Crippen LogP contribution in [0.4, 0.5) is 0 Å². The monoisotopic (exact) mass is 258 g/mol. The highest BCUT2D eigenvalue weighted by Crippen LogP contribution is 2.10. The van der Waals surface area contributed by atoms with Crippen molar-refractivity contribution in [1.82, 2.24) is 4.57 Å². The van der Waals surface area contributed by atoms with Crippen LogP contribution in [0.15, 0.2) is 47.3 Å². The predicted octanol–water partition coefficient (Wildman–Crippen LogP) is 1.84. The SMILES string of the molecule is Cc1cccc(=O)n1Cc1ccccc1C(N)=S. The third kappa shape index (κ3) is 2.49. The van der Waals surface area contributed by atoms with Crippen LogP contribution in [-0.4, -0.2) is 9.56 Å². The zero-order valence-electron chi connectivity index (χ0n) is 10.1. The summed E-state index contributed by atoms with van der Waals surface area (Å²) in [5.41, 5.74) is 8.37. The molecule has 0 saturated carbocycles. The van der Waals surface area contributed by atoms with Crippen LogP contribution in [-0.2, 0) is 6.54 Å².